The third-order valence-corrected chi connectivity index (χ3v) is 1.68. The van der Waals surface area contributed by atoms with E-state index in [1.165, 1.54) is 6.07 Å². The number of aryl methyl sites for hydroxylation is 1. The number of hydrogen-bond donors (Lipinski definition) is 1. The highest BCUT2D eigenvalue weighted by atomic mass is 16.3. The van der Waals surface area contributed by atoms with Gasteiger partial charge in [-0.3, -0.25) is 4.79 Å². The molecule has 0 amide bonds. The largest absolute Gasteiger partial charge is 0.472 e. The van der Waals surface area contributed by atoms with Crippen molar-refractivity contribution in [2.45, 2.75) is 6.92 Å². The molecular weight excluding hydrogens is 168 g/mol. The Hall–Kier alpha value is -1.84. The number of aromatic nitrogens is 2. The fourth-order valence-electron chi connectivity index (χ4n) is 1.14. The fourth-order valence-corrected chi connectivity index (χ4v) is 1.14. The first-order chi connectivity index (χ1) is 6.25. The summed E-state index contributed by atoms with van der Waals surface area (Å²) >= 11 is 0. The Bertz CT molecular complexity index is 457. The molecule has 0 aliphatic heterocycles. The molecule has 4 heteroatoms. The van der Waals surface area contributed by atoms with Gasteiger partial charge in [0.15, 0.2) is 0 Å². The van der Waals surface area contributed by atoms with Crippen LogP contribution in [-0.4, -0.2) is 9.97 Å². The average molecular weight is 176 g/mol. The predicted octanol–water partition coefficient (Wildman–Crippen LogP) is 1.34. The van der Waals surface area contributed by atoms with E-state index in [-0.39, 0.29) is 5.56 Å². The van der Waals surface area contributed by atoms with Gasteiger partial charge in [-0.1, -0.05) is 0 Å². The minimum absolute atomic E-state index is 0.149. The van der Waals surface area contributed by atoms with E-state index < -0.39 is 0 Å². The van der Waals surface area contributed by atoms with Crippen molar-refractivity contribution < 1.29 is 4.42 Å². The van der Waals surface area contributed by atoms with Gasteiger partial charge in [-0.15, -0.1) is 0 Å². The molecule has 0 saturated carbocycles. The van der Waals surface area contributed by atoms with Gasteiger partial charge in [0.1, 0.15) is 5.82 Å². The second kappa shape index (κ2) is 2.90. The third-order valence-electron chi connectivity index (χ3n) is 1.68. The van der Waals surface area contributed by atoms with E-state index in [2.05, 4.69) is 9.97 Å². The highest BCUT2D eigenvalue weighted by Crippen LogP contribution is 2.14. The van der Waals surface area contributed by atoms with Crippen LogP contribution < -0.4 is 5.56 Å². The summed E-state index contributed by atoms with van der Waals surface area (Å²) < 4.78 is 4.90. The van der Waals surface area contributed by atoms with Crippen molar-refractivity contribution >= 4 is 0 Å². The van der Waals surface area contributed by atoms with Crippen molar-refractivity contribution in [3.05, 3.63) is 40.8 Å². The van der Waals surface area contributed by atoms with Gasteiger partial charge < -0.3 is 9.40 Å². The Morgan fingerprint density at radius 3 is 3.00 bits per heavy atom. The van der Waals surface area contributed by atoms with Crippen molar-refractivity contribution in [2.24, 2.45) is 0 Å². The number of H-pyrrole nitrogens is 1. The van der Waals surface area contributed by atoms with Crippen LogP contribution in [0.25, 0.3) is 11.3 Å². The number of hydrogen-bond acceptors (Lipinski definition) is 3. The Morgan fingerprint density at radius 1 is 1.54 bits per heavy atom. The number of aromatic amines is 1. The van der Waals surface area contributed by atoms with E-state index in [0.29, 0.717) is 11.5 Å². The standard InChI is InChI=1S/C9H8N2O2/c1-6-10-8(4-9(12)11-6)7-2-3-13-5-7/h2-5H,1H3,(H,10,11,12). The Kier molecular flexibility index (Phi) is 1.73. The van der Waals surface area contributed by atoms with Gasteiger partial charge in [-0.25, -0.2) is 4.98 Å². The van der Waals surface area contributed by atoms with Gasteiger partial charge in [0.25, 0.3) is 5.56 Å². The molecule has 1 N–H and O–H groups in total. The molecule has 0 atom stereocenters. The van der Waals surface area contributed by atoms with E-state index in [0.717, 1.165) is 5.56 Å². The number of nitrogens with zero attached hydrogens (tertiary/aromatic N) is 1. The lowest BCUT2D eigenvalue weighted by Crippen LogP contribution is -2.08. The summed E-state index contributed by atoms with van der Waals surface area (Å²) in [6.45, 7) is 1.74. The molecule has 4 nitrogen and oxygen atoms in total. The van der Waals surface area contributed by atoms with Crippen LogP contribution in [-0.2, 0) is 0 Å². The molecule has 0 bridgehead atoms. The Balaban J connectivity index is 2.59. The Morgan fingerprint density at radius 2 is 2.38 bits per heavy atom. The molecule has 0 aliphatic rings. The lowest BCUT2D eigenvalue weighted by atomic mass is 10.2. The quantitative estimate of drug-likeness (QED) is 0.713. The molecule has 13 heavy (non-hydrogen) atoms. The molecule has 2 rings (SSSR count). The molecule has 0 unspecified atom stereocenters. The van der Waals surface area contributed by atoms with Gasteiger partial charge in [0.05, 0.1) is 18.2 Å². The molecule has 0 radical (unpaired) electrons. The van der Waals surface area contributed by atoms with Crippen molar-refractivity contribution in [1.29, 1.82) is 0 Å². The zero-order valence-corrected chi connectivity index (χ0v) is 7.07. The molecule has 66 valence electrons. The van der Waals surface area contributed by atoms with Gasteiger partial charge in [-0.05, 0) is 13.0 Å². The first kappa shape index (κ1) is 7.79. The molecule has 2 heterocycles. The molecule has 0 saturated heterocycles. The maximum atomic E-state index is 11.1. The summed E-state index contributed by atoms with van der Waals surface area (Å²) in [6, 6.07) is 3.21. The van der Waals surface area contributed by atoms with Gasteiger partial charge in [-0.2, -0.15) is 0 Å². The van der Waals surface area contributed by atoms with Crippen LogP contribution in [0.5, 0.6) is 0 Å². The second-order valence-corrected chi connectivity index (χ2v) is 2.73. The van der Waals surface area contributed by atoms with E-state index in [4.69, 9.17) is 4.42 Å². The van der Waals surface area contributed by atoms with Gasteiger partial charge in [0.2, 0.25) is 0 Å². The number of furan rings is 1. The maximum Gasteiger partial charge on any atom is 0.251 e. The molecule has 2 aromatic rings. The molecule has 0 fully saturated rings. The molecule has 0 aliphatic carbocycles. The summed E-state index contributed by atoms with van der Waals surface area (Å²) in [4.78, 5) is 17.8. The smallest absolute Gasteiger partial charge is 0.251 e. The topological polar surface area (TPSA) is 58.9 Å². The summed E-state index contributed by atoms with van der Waals surface area (Å²) in [7, 11) is 0. The second-order valence-electron chi connectivity index (χ2n) is 2.73. The highest BCUT2D eigenvalue weighted by molar-refractivity contribution is 5.56. The maximum absolute atomic E-state index is 11.1. The average Bonchev–Trinajstić information content (AvgIpc) is 2.53. The highest BCUT2D eigenvalue weighted by Gasteiger charge is 2.01. The SMILES string of the molecule is Cc1nc(-c2ccoc2)cc(=O)[nH]1. The third kappa shape index (κ3) is 1.51. The number of rotatable bonds is 1. The summed E-state index contributed by atoms with van der Waals surface area (Å²) in [5, 5.41) is 0. The summed E-state index contributed by atoms with van der Waals surface area (Å²) in [6.07, 6.45) is 3.11. The number of nitrogens with one attached hydrogen (secondary N) is 1. The Labute approximate surface area is 74.2 Å². The first-order valence-electron chi connectivity index (χ1n) is 3.86. The monoisotopic (exact) mass is 176 g/mol. The van der Waals surface area contributed by atoms with Crippen molar-refractivity contribution in [1.82, 2.24) is 9.97 Å². The predicted molar refractivity (Wildman–Crippen MR) is 47.3 cm³/mol. The summed E-state index contributed by atoms with van der Waals surface area (Å²) in [5.74, 6) is 0.601. The lowest BCUT2D eigenvalue weighted by molar-refractivity contribution is 0.568. The fraction of sp³-hybridized carbons (Fsp3) is 0.111. The van der Waals surface area contributed by atoms with Crippen LogP contribution in [0, 0.1) is 6.92 Å². The van der Waals surface area contributed by atoms with Crippen molar-refractivity contribution in [3.63, 3.8) is 0 Å². The van der Waals surface area contributed by atoms with Crippen LogP contribution in [0.2, 0.25) is 0 Å². The van der Waals surface area contributed by atoms with E-state index in [1.807, 2.05) is 0 Å². The molecule has 0 aromatic carbocycles. The molecule has 0 spiro atoms. The van der Waals surface area contributed by atoms with Crippen LogP contribution in [0.15, 0.2) is 33.9 Å². The molecule has 2 aromatic heterocycles. The zero-order chi connectivity index (χ0) is 9.26. The minimum Gasteiger partial charge on any atom is -0.472 e. The van der Waals surface area contributed by atoms with E-state index >= 15 is 0 Å². The van der Waals surface area contributed by atoms with Crippen LogP contribution >= 0.6 is 0 Å². The van der Waals surface area contributed by atoms with Crippen LogP contribution in [0.1, 0.15) is 5.82 Å². The minimum atomic E-state index is -0.149. The summed E-state index contributed by atoms with van der Waals surface area (Å²) in [5.41, 5.74) is 1.30. The lowest BCUT2D eigenvalue weighted by Gasteiger charge is -1.96. The van der Waals surface area contributed by atoms with E-state index in [9.17, 15) is 4.79 Å². The first-order valence-corrected chi connectivity index (χ1v) is 3.86. The van der Waals surface area contributed by atoms with Crippen molar-refractivity contribution in [3.8, 4) is 11.3 Å². The van der Waals surface area contributed by atoms with Crippen LogP contribution in [0.3, 0.4) is 0 Å². The van der Waals surface area contributed by atoms with Crippen LogP contribution in [0.4, 0.5) is 0 Å². The van der Waals surface area contributed by atoms with E-state index in [1.54, 1.807) is 25.5 Å². The van der Waals surface area contributed by atoms with Crippen molar-refractivity contribution in [2.75, 3.05) is 0 Å². The van der Waals surface area contributed by atoms with Gasteiger partial charge in [0, 0.05) is 11.6 Å². The molecular formula is C9H8N2O2. The zero-order valence-electron chi connectivity index (χ0n) is 7.07. The van der Waals surface area contributed by atoms with Gasteiger partial charge >= 0.3 is 0 Å². The normalized spacial score (nSPS) is 10.2.